The first-order chi connectivity index (χ1) is 7.15. The molecular weight excluding hydrogens is 198 g/mol. The van der Waals surface area contributed by atoms with Crippen molar-refractivity contribution < 1.29 is 10.0 Å². The van der Waals surface area contributed by atoms with Crippen LogP contribution in [-0.2, 0) is 0 Å². The Morgan fingerprint density at radius 2 is 2.40 bits per heavy atom. The second kappa shape index (κ2) is 5.26. The van der Waals surface area contributed by atoms with Crippen LogP contribution >= 0.6 is 0 Å². The third kappa shape index (κ3) is 3.17. The molecule has 82 valence electrons. The number of hydrogen-bond acceptors (Lipinski definition) is 5. The third-order valence-corrected chi connectivity index (χ3v) is 1.83. The van der Waals surface area contributed by atoms with Crippen LogP contribution in [0, 0.1) is 17.0 Å². The summed E-state index contributed by atoms with van der Waals surface area (Å²) in [5, 5.41) is 22.1. The van der Waals surface area contributed by atoms with Crippen molar-refractivity contribution in [3.05, 3.63) is 27.9 Å². The lowest BCUT2D eigenvalue weighted by Gasteiger charge is -2.05. The second-order valence-electron chi connectivity index (χ2n) is 3.14. The number of anilines is 1. The van der Waals surface area contributed by atoms with Crippen LogP contribution in [-0.4, -0.2) is 28.2 Å². The van der Waals surface area contributed by atoms with Crippen molar-refractivity contribution in [1.82, 2.24) is 4.98 Å². The fourth-order valence-electron chi connectivity index (χ4n) is 1.12. The second-order valence-corrected chi connectivity index (χ2v) is 3.14. The van der Waals surface area contributed by atoms with Crippen molar-refractivity contribution in [2.24, 2.45) is 0 Å². The molecule has 0 aliphatic rings. The number of aryl methyl sites for hydroxylation is 1. The Labute approximate surface area is 87.1 Å². The van der Waals surface area contributed by atoms with Crippen molar-refractivity contribution >= 4 is 11.5 Å². The minimum absolute atomic E-state index is 0.0343. The molecular formula is C9H13N3O3. The third-order valence-electron chi connectivity index (χ3n) is 1.83. The van der Waals surface area contributed by atoms with E-state index in [1.807, 2.05) is 0 Å². The van der Waals surface area contributed by atoms with Gasteiger partial charge in [-0.2, -0.15) is 0 Å². The predicted molar refractivity (Wildman–Crippen MR) is 55.8 cm³/mol. The van der Waals surface area contributed by atoms with E-state index in [2.05, 4.69) is 10.3 Å². The zero-order valence-corrected chi connectivity index (χ0v) is 8.43. The maximum Gasteiger partial charge on any atom is 0.311 e. The van der Waals surface area contributed by atoms with Gasteiger partial charge in [0.1, 0.15) is 0 Å². The van der Waals surface area contributed by atoms with Crippen LogP contribution in [0.15, 0.2) is 12.3 Å². The molecule has 15 heavy (non-hydrogen) atoms. The van der Waals surface area contributed by atoms with Crippen molar-refractivity contribution in [3.8, 4) is 0 Å². The highest BCUT2D eigenvalue weighted by Crippen LogP contribution is 2.21. The summed E-state index contributed by atoms with van der Waals surface area (Å²) in [6.07, 6.45) is 2.10. The van der Waals surface area contributed by atoms with Gasteiger partial charge in [-0.25, -0.2) is 4.98 Å². The molecule has 2 N–H and O–H groups in total. The first-order valence-corrected chi connectivity index (χ1v) is 4.61. The van der Waals surface area contributed by atoms with E-state index in [-0.39, 0.29) is 18.1 Å². The summed E-state index contributed by atoms with van der Waals surface area (Å²) in [5.41, 5.74) is 0.711. The minimum atomic E-state index is -0.471. The summed E-state index contributed by atoms with van der Waals surface area (Å²) in [5.74, 6) is 0.249. The minimum Gasteiger partial charge on any atom is -0.396 e. The first-order valence-electron chi connectivity index (χ1n) is 4.61. The van der Waals surface area contributed by atoms with E-state index < -0.39 is 4.92 Å². The first kappa shape index (κ1) is 11.4. The maximum atomic E-state index is 10.7. The number of aromatic nitrogens is 1. The van der Waals surface area contributed by atoms with Crippen LogP contribution in [0.25, 0.3) is 0 Å². The molecule has 1 rings (SSSR count). The highest BCUT2D eigenvalue weighted by molar-refractivity contribution is 5.56. The zero-order chi connectivity index (χ0) is 11.3. The highest BCUT2D eigenvalue weighted by Gasteiger charge is 2.14. The molecule has 0 bridgehead atoms. The van der Waals surface area contributed by atoms with Crippen LogP contribution < -0.4 is 5.32 Å². The number of aliphatic hydroxyl groups is 1. The molecule has 0 atom stereocenters. The largest absolute Gasteiger partial charge is 0.396 e. The standard InChI is InChI=1S/C9H13N3O3/c1-7-5-8(12(14)15)9(11-6-7)10-3-2-4-13/h5-6,13H,2-4H2,1H3,(H,10,11). The predicted octanol–water partition coefficient (Wildman–Crippen LogP) is 1.09. The lowest BCUT2D eigenvalue weighted by molar-refractivity contribution is -0.384. The Balaban J connectivity index is 2.81. The molecule has 1 aromatic heterocycles. The van der Waals surface area contributed by atoms with E-state index in [9.17, 15) is 10.1 Å². The molecule has 0 amide bonds. The summed E-state index contributed by atoms with van der Waals surface area (Å²) in [4.78, 5) is 14.1. The zero-order valence-electron chi connectivity index (χ0n) is 8.43. The number of rotatable bonds is 5. The van der Waals surface area contributed by atoms with E-state index in [1.54, 1.807) is 13.1 Å². The van der Waals surface area contributed by atoms with Crippen LogP contribution in [0.4, 0.5) is 11.5 Å². The van der Waals surface area contributed by atoms with Gasteiger partial charge in [0.2, 0.25) is 5.82 Å². The Kier molecular flexibility index (Phi) is 3.99. The Morgan fingerprint density at radius 1 is 1.67 bits per heavy atom. The van der Waals surface area contributed by atoms with Crippen LogP contribution in [0.1, 0.15) is 12.0 Å². The summed E-state index contributed by atoms with van der Waals surface area (Å²) >= 11 is 0. The average Bonchev–Trinajstić information content (AvgIpc) is 2.20. The van der Waals surface area contributed by atoms with Gasteiger partial charge in [-0.1, -0.05) is 0 Å². The topological polar surface area (TPSA) is 88.3 Å². The molecule has 1 heterocycles. The normalized spacial score (nSPS) is 10.0. The van der Waals surface area contributed by atoms with E-state index in [0.717, 1.165) is 5.56 Å². The smallest absolute Gasteiger partial charge is 0.311 e. The van der Waals surface area contributed by atoms with Gasteiger partial charge in [0.15, 0.2) is 0 Å². The summed E-state index contributed by atoms with van der Waals surface area (Å²) in [6, 6.07) is 1.47. The van der Waals surface area contributed by atoms with Gasteiger partial charge in [0, 0.05) is 25.4 Å². The van der Waals surface area contributed by atoms with Crippen molar-refractivity contribution in [1.29, 1.82) is 0 Å². The van der Waals surface area contributed by atoms with E-state index in [0.29, 0.717) is 13.0 Å². The number of pyridine rings is 1. The molecule has 0 aliphatic carbocycles. The highest BCUT2D eigenvalue weighted by atomic mass is 16.6. The van der Waals surface area contributed by atoms with Gasteiger partial charge < -0.3 is 10.4 Å². The quantitative estimate of drug-likeness (QED) is 0.432. The molecule has 0 spiro atoms. The van der Waals surface area contributed by atoms with Crippen molar-refractivity contribution in [2.75, 3.05) is 18.5 Å². The van der Waals surface area contributed by atoms with Crippen molar-refractivity contribution in [2.45, 2.75) is 13.3 Å². The SMILES string of the molecule is Cc1cnc(NCCCO)c([N+](=O)[O-])c1. The van der Waals surface area contributed by atoms with Gasteiger partial charge in [0.25, 0.3) is 0 Å². The molecule has 0 saturated carbocycles. The Hall–Kier alpha value is -1.69. The molecule has 0 aliphatic heterocycles. The Morgan fingerprint density at radius 3 is 3.00 bits per heavy atom. The van der Waals surface area contributed by atoms with Gasteiger partial charge in [-0.3, -0.25) is 10.1 Å². The lowest BCUT2D eigenvalue weighted by atomic mass is 10.3. The number of hydrogen-bond donors (Lipinski definition) is 2. The van der Waals surface area contributed by atoms with Crippen LogP contribution in [0.5, 0.6) is 0 Å². The maximum absolute atomic E-state index is 10.7. The van der Waals surface area contributed by atoms with Gasteiger partial charge in [0.05, 0.1) is 4.92 Å². The van der Waals surface area contributed by atoms with Crippen LogP contribution in [0.2, 0.25) is 0 Å². The molecule has 6 heteroatoms. The number of aliphatic hydroxyl groups excluding tert-OH is 1. The van der Waals surface area contributed by atoms with Gasteiger partial charge >= 0.3 is 5.69 Å². The van der Waals surface area contributed by atoms with E-state index >= 15 is 0 Å². The lowest BCUT2D eigenvalue weighted by Crippen LogP contribution is -2.07. The van der Waals surface area contributed by atoms with Crippen molar-refractivity contribution in [3.63, 3.8) is 0 Å². The van der Waals surface area contributed by atoms with Gasteiger partial charge in [-0.15, -0.1) is 0 Å². The molecule has 0 aromatic carbocycles. The average molecular weight is 211 g/mol. The summed E-state index contributed by atoms with van der Waals surface area (Å²) < 4.78 is 0. The molecule has 0 radical (unpaired) electrons. The fraction of sp³-hybridized carbons (Fsp3) is 0.444. The number of nitrogens with zero attached hydrogens (tertiary/aromatic N) is 2. The van der Waals surface area contributed by atoms with E-state index in [1.165, 1.54) is 6.07 Å². The van der Waals surface area contributed by atoms with Crippen LogP contribution in [0.3, 0.4) is 0 Å². The number of nitrogens with one attached hydrogen (secondary N) is 1. The Bertz CT molecular complexity index is 354. The van der Waals surface area contributed by atoms with Gasteiger partial charge in [-0.05, 0) is 18.9 Å². The molecule has 6 nitrogen and oxygen atoms in total. The molecule has 0 unspecified atom stereocenters. The molecule has 0 saturated heterocycles. The van der Waals surface area contributed by atoms with E-state index in [4.69, 9.17) is 5.11 Å². The fourth-order valence-corrected chi connectivity index (χ4v) is 1.12. The summed E-state index contributed by atoms with van der Waals surface area (Å²) in [6.45, 7) is 2.26. The molecule has 0 fully saturated rings. The molecule has 1 aromatic rings. The summed E-state index contributed by atoms with van der Waals surface area (Å²) in [7, 11) is 0. The monoisotopic (exact) mass is 211 g/mol. The number of nitro groups is 1.